The molecule has 11 rings (SSSR count). The second-order valence-corrected chi connectivity index (χ2v) is 12.7. The number of hydrogen-bond acceptors (Lipinski definition) is 5. The topological polar surface area (TPSA) is 60.2 Å². The van der Waals surface area contributed by atoms with Gasteiger partial charge in [-0.3, -0.25) is 0 Å². The highest BCUT2D eigenvalue weighted by Gasteiger charge is 2.20. The third-order valence-corrected chi connectivity index (χ3v) is 9.88. The highest BCUT2D eigenvalue weighted by atomic mass is 16.3. The van der Waals surface area contributed by atoms with Gasteiger partial charge in [-0.15, -0.1) is 0 Å². The smallest absolute Gasteiger partial charge is 0.227 e. The Hall–Kier alpha value is -6.92. The zero-order chi connectivity index (χ0) is 32.8. The van der Waals surface area contributed by atoms with E-state index in [9.17, 15) is 0 Å². The molecule has 50 heavy (non-hydrogen) atoms. The maximum Gasteiger partial charge on any atom is 0.227 e. The number of pyridine rings is 2. The SMILES string of the molecule is c1cc(N(c2ccc3oc4ncccc4c3c2)c2ccc3oc4ncccc4c3c2)cc(-n2c3ccccc3c3ccc4ccccc4c32)c1. The van der Waals surface area contributed by atoms with Gasteiger partial charge < -0.3 is 18.3 Å². The van der Waals surface area contributed by atoms with Crippen LogP contribution >= 0.6 is 0 Å². The van der Waals surface area contributed by atoms with E-state index in [-0.39, 0.29) is 0 Å². The Kier molecular flexibility index (Phi) is 5.57. The molecule has 0 radical (unpaired) electrons. The van der Waals surface area contributed by atoms with E-state index in [4.69, 9.17) is 8.83 Å². The fraction of sp³-hybridized carbons (Fsp3) is 0. The van der Waals surface area contributed by atoms with E-state index < -0.39 is 0 Å². The van der Waals surface area contributed by atoms with Crippen molar-refractivity contribution >= 4 is 93.8 Å². The van der Waals surface area contributed by atoms with Crippen LogP contribution in [0.3, 0.4) is 0 Å². The molecule has 5 heterocycles. The molecular formula is C44H26N4O2. The molecule has 0 spiro atoms. The Morgan fingerprint density at radius 2 is 1.06 bits per heavy atom. The minimum atomic E-state index is 0.630. The van der Waals surface area contributed by atoms with Gasteiger partial charge in [-0.2, -0.15) is 0 Å². The third-order valence-electron chi connectivity index (χ3n) is 9.88. The van der Waals surface area contributed by atoms with Gasteiger partial charge in [-0.05, 0) is 90.3 Å². The van der Waals surface area contributed by atoms with E-state index in [2.05, 4.69) is 141 Å². The summed E-state index contributed by atoms with van der Waals surface area (Å²) in [5.74, 6) is 0. The number of benzene rings is 6. The van der Waals surface area contributed by atoms with Crippen LogP contribution in [0.4, 0.5) is 17.1 Å². The van der Waals surface area contributed by atoms with Gasteiger partial charge in [0, 0.05) is 72.8 Å². The summed E-state index contributed by atoms with van der Waals surface area (Å²) in [6.07, 6.45) is 3.53. The van der Waals surface area contributed by atoms with Crippen LogP contribution in [0.1, 0.15) is 0 Å². The summed E-state index contributed by atoms with van der Waals surface area (Å²) in [5, 5.41) is 8.90. The number of para-hydroxylation sites is 1. The lowest BCUT2D eigenvalue weighted by atomic mass is 10.1. The van der Waals surface area contributed by atoms with E-state index >= 15 is 0 Å². The van der Waals surface area contributed by atoms with Crippen LogP contribution in [0.5, 0.6) is 0 Å². The van der Waals surface area contributed by atoms with E-state index in [0.29, 0.717) is 11.4 Å². The Bertz CT molecular complexity index is 3020. The zero-order valence-corrected chi connectivity index (χ0v) is 26.6. The Morgan fingerprint density at radius 3 is 1.78 bits per heavy atom. The van der Waals surface area contributed by atoms with Gasteiger partial charge in [-0.25, -0.2) is 9.97 Å². The van der Waals surface area contributed by atoms with E-state index in [1.807, 2.05) is 24.3 Å². The third kappa shape index (κ3) is 3.90. The fourth-order valence-corrected chi connectivity index (χ4v) is 7.69. The number of fused-ring (bicyclic) bond motifs is 11. The van der Waals surface area contributed by atoms with Crippen molar-refractivity contribution in [2.45, 2.75) is 0 Å². The van der Waals surface area contributed by atoms with Gasteiger partial charge in [0.25, 0.3) is 0 Å². The standard InChI is InChI=1S/C44H26N4O2/c1-2-11-32-27(8-1)16-19-34-33-12-3-4-15-39(33)48(42(32)34)29-10-5-9-28(24-29)47(30-17-20-40-37(25-30)35-13-6-22-45-43(35)49-40)31-18-21-41-38(26-31)36-14-7-23-46-44(36)50-41/h1-26H. The summed E-state index contributed by atoms with van der Waals surface area (Å²) in [6, 6.07) is 51.3. The molecule has 0 amide bonds. The molecular weight excluding hydrogens is 617 g/mol. The summed E-state index contributed by atoms with van der Waals surface area (Å²) in [6.45, 7) is 0. The molecule has 0 saturated heterocycles. The van der Waals surface area contributed by atoms with Gasteiger partial charge in [-0.1, -0.05) is 60.7 Å². The van der Waals surface area contributed by atoms with Gasteiger partial charge in [0.15, 0.2) is 0 Å². The second-order valence-electron chi connectivity index (χ2n) is 12.7. The van der Waals surface area contributed by atoms with Gasteiger partial charge in [0.05, 0.1) is 11.0 Å². The summed E-state index contributed by atoms with van der Waals surface area (Å²) in [5.41, 5.74) is 9.32. The van der Waals surface area contributed by atoms with Crippen molar-refractivity contribution in [3.63, 3.8) is 0 Å². The lowest BCUT2D eigenvalue weighted by molar-refractivity contribution is 0.654. The monoisotopic (exact) mass is 642 g/mol. The fourth-order valence-electron chi connectivity index (χ4n) is 7.69. The molecule has 0 saturated carbocycles. The molecule has 0 bridgehead atoms. The predicted molar refractivity (Wildman–Crippen MR) is 203 cm³/mol. The van der Waals surface area contributed by atoms with Crippen LogP contribution in [-0.2, 0) is 0 Å². The zero-order valence-electron chi connectivity index (χ0n) is 26.6. The first-order valence-electron chi connectivity index (χ1n) is 16.6. The van der Waals surface area contributed by atoms with Crippen molar-refractivity contribution in [1.82, 2.24) is 14.5 Å². The number of nitrogens with zero attached hydrogens (tertiary/aromatic N) is 4. The number of anilines is 3. The molecule has 234 valence electrons. The molecule has 11 aromatic rings. The van der Waals surface area contributed by atoms with Gasteiger partial charge >= 0.3 is 0 Å². The second kappa shape index (κ2) is 10.3. The summed E-state index contributed by atoms with van der Waals surface area (Å²) >= 11 is 0. The summed E-state index contributed by atoms with van der Waals surface area (Å²) < 4.78 is 14.7. The van der Waals surface area contributed by atoms with Crippen LogP contribution in [0.15, 0.2) is 167 Å². The first-order valence-corrected chi connectivity index (χ1v) is 16.6. The molecule has 6 heteroatoms. The van der Waals surface area contributed by atoms with Gasteiger partial charge in [0.1, 0.15) is 11.2 Å². The largest absolute Gasteiger partial charge is 0.438 e. The minimum Gasteiger partial charge on any atom is -0.438 e. The van der Waals surface area contributed by atoms with Crippen molar-refractivity contribution in [1.29, 1.82) is 0 Å². The quantitative estimate of drug-likeness (QED) is 0.191. The van der Waals surface area contributed by atoms with Crippen LogP contribution < -0.4 is 4.90 Å². The molecule has 0 aliphatic carbocycles. The maximum absolute atomic E-state index is 6.13. The highest BCUT2D eigenvalue weighted by molar-refractivity contribution is 6.18. The maximum atomic E-state index is 6.13. The first kappa shape index (κ1) is 27.1. The molecule has 6 aromatic carbocycles. The molecule has 0 unspecified atom stereocenters. The number of aromatic nitrogens is 3. The lowest BCUT2D eigenvalue weighted by Crippen LogP contribution is -2.10. The van der Waals surface area contributed by atoms with Crippen LogP contribution in [0.2, 0.25) is 0 Å². The number of furan rings is 2. The first-order chi connectivity index (χ1) is 24.8. The lowest BCUT2D eigenvalue weighted by Gasteiger charge is -2.26. The van der Waals surface area contributed by atoms with Crippen molar-refractivity contribution in [2.75, 3.05) is 4.90 Å². The Morgan fingerprint density at radius 1 is 0.440 bits per heavy atom. The van der Waals surface area contributed by atoms with Crippen molar-refractivity contribution < 1.29 is 8.83 Å². The van der Waals surface area contributed by atoms with E-state index in [1.54, 1.807) is 12.4 Å². The predicted octanol–water partition coefficient (Wildman–Crippen LogP) is 12.0. The number of hydrogen-bond donors (Lipinski definition) is 0. The molecule has 0 aliphatic rings. The Balaban J connectivity index is 1.18. The van der Waals surface area contributed by atoms with Crippen molar-refractivity contribution in [2.24, 2.45) is 0 Å². The average Bonchev–Trinajstić information content (AvgIpc) is 3.84. The van der Waals surface area contributed by atoms with E-state index in [0.717, 1.165) is 55.5 Å². The summed E-state index contributed by atoms with van der Waals surface area (Å²) in [4.78, 5) is 11.3. The molecule has 5 aromatic heterocycles. The highest BCUT2D eigenvalue weighted by Crippen LogP contribution is 2.42. The van der Waals surface area contributed by atoms with Crippen molar-refractivity contribution in [3.05, 3.63) is 158 Å². The Labute approximate surface area is 285 Å². The summed E-state index contributed by atoms with van der Waals surface area (Å²) in [7, 11) is 0. The molecule has 0 aliphatic heterocycles. The minimum absolute atomic E-state index is 0.630. The van der Waals surface area contributed by atoms with Crippen molar-refractivity contribution in [3.8, 4) is 5.69 Å². The van der Waals surface area contributed by atoms with Crippen LogP contribution in [-0.4, -0.2) is 14.5 Å². The van der Waals surface area contributed by atoms with E-state index in [1.165, 1.54) is 32.6 Å². The van der Waals surface area contributed by atoms with Crippen LogP contribution in [0, 0.1) is 0 Å². The molecule has 0 atom stereocenters. The number of rotatable bonds is 4. The molecule has 0 fully saturated rings. The van der Waals surface area contributed by atoms with Gasteiger partial charge in [0.2, 0.25) is 11.4 Å². The molecule has 6 nitrogen and oxygen atoms in total. The van der Waals surface area contributed by atoms with Crippen LogP contribution in [0.25, 0.3) is 82.4 Å². The average molecular weight is 643 g/mol. The normalized spacial score (nSPS) is 12.0. The molecule has 0 N–H and O–H groups in total.